The quantitative estimate of drug-likeness (QED) is 0.892. The Kier molecular flexibility index (Phi) is 4.65. The summed E-state index contributed by atoms with van der Waals surface area (Å²) in [5.41, 5.74) is 1.18. The number of hydrogen-bond donors (Lipinski definition) is 2. The van der Waals surface area contributed by atoms with Crippen LogP contribution < -0.4 is 0 Å². The first-order valence-corrected chi connectivity index (χ1v) is 7.28. The first kappa shape index (κ1) is 14.9. The molecule has 0 saturated carbocycles. The predicted octanol–water partition coefficient (Wildman–Crippen LogP) is 2.47. The number of phenolic OH excluding ortho intramolecular Hbond substituents is 1. The van der Waals surface area contributed by atoms with Crippen LogP contribution in [0.1, 0.15) is 48.5 Å². The van der Waals surface area contributed by atoms with Crippen molar-refractivity contribution >= 4 is 5.91 Å². The predicted molar refractivity (Wildman–Crippen MR) is 77.8 cm³/mol. The normalized spacial score (nSPS) is 20.8. The number of rotatable bonds is 3. The molecule has 2 atom stereocenters. The van der Waals surface area contributed by atoms with Crippen molar-refractivity contribution in [3.63, 3.8) is 0 Å². The number of nitrogens with zero attached hydrogens (tertiary/aromatic N) is 1. The van der Waals surface area contributed by atoms with Crippen LogP contribution in [0.2, 0.25) is 0 Å². The Bertz CT molecular complexity index is 485. The van der Waals surface area contributed by atoms with Crippen molar-refractivity contribution in [2.24, 2.45) is 0 Å². The Morgan fingerprint density at radius 3 is 2.90 bits per heavy atom. The van der Waals surface area contributed by atoms with Gasteiger partial charge >= 0.3 is 0 Å². The van der Waals surface area contributed by atoms with E-state index < -0.39 is 6.10 Å². The van der Waals surface area contributed by atoms with Gasteiger partial charge in [0.25, 0.3) is 5.91 Å². The molecule has 2 rings (SSSR count). The van der Waals surface area contributed by atoms with Gasteiger partial charge in [0, 0.05) is 23.7 Å². The molecule has 2 unspecified atom stereocenters. The van der Waals surface area contributed by atoms with Crippen LogP contribution >= 0.6 is 0 Å². The Hall–Kier alpha value is -1.55. The van der Waals surface area contributed by atoms with E-state index in [1.165, 1.54) is 0 Å². The molecule has 1 aliphatic rings. The van der Waals surface area contributed by atoms with Crippen LogP contribution in [0.4, 0.5) is 0 Å². The average Bonchev–Trinajstić information content (AvgIpc) is 2.41. The van der Waals surface area contributed by atoms with E-state index in [4.69, 9.17) is 0 Å². The summed E-state index contributed by atoms with van der Waals surface area (Å²) in [4.78, 5) is 14.6. The van der Waals surface area contributed by atoms with Crippen molar-refractivity contribution in [3.05, 3.63) is 29.3 Å². The van der Waals surface area contributed by atoms with E-state index in [9.17, 15) is 15.0 Å². The Balaban J connectivity index is 2.23. The van der Waals surface area contributed by atoms with E-state index in [1.54, 1.807) is 32.0 Å². The highest BCUT2D eigenvalue weighted by molar-refractivity contribution is 5.96. The van der Waals surface area contributed by atoms with E-state index in [-0.39, 0.29) is 17.7 Å². The van der Waals surface area contributed by atoms with Gasteiger partial charge in [-0.2, -0.15) is 0 Å². The molecule has 2 N–H and O–H groups in total. The Labute approximate surface area is 120 Å². The summed E-state index contributed by atoms with van der Waals surface area (Å²) in [6, 6.07) is 5.14. The molecular weight excluding hydrogens is 254 g/mol. The van der Waals surface area contributed by atoms with Crippen LogP contribution in [0.3, 0.4) is 0 Å². The van der Waals surface area contributed by atoms with E-state index in [2.05, 4.69) is 0 Å². The maximum Gasteiger partial charge on any atom is 0.254 e. The van der Waals surface area contributed by atoms with Crippen molar-refractivity contribution in [2.75, 3.05) is 6.54 Å². The minimum atomic E-state index is -0.404. The molecule has 0 radical (unpaired) electrons. The largest absolute Gasteiger partial charge is 0.508 e. The standard InChI is InChI=1S/C16H23NO3/c1-11(18)10-13-6-3-4-9-17(13)16(20)14-7-5-8-15(19)12(14)2/h5,7-8,11,13,18-19H,3-4,6,9-10H2,1-2H3. The van der Waals surface area contributed by atoms with Gasteiger partial charge in [0.05, 0.1) is 6.10 Å². The summed E-state index contributed by atoms with van der Waals surface area (Å²) in [6.45, 7) is 4.25. The maximum absolute atomic E-state index is 12.7. The number of phenols is 1. The number of carbonyl (C=O) groups excluding carboxylic acids is 1. The zero-order valence-corrected chi connectivity index (χ0v) is 12.2. The van der Waals surface area contributed by atoms with Gasteiger partial charge < -0.3 is 15.1 Å². The van der Waals surface area contributed by atoms with Crippen LogP contribution in [0.15, 0.2) is 18.2 Å². The molecule has 0 aromatic heterocycles. The summed E-state index contributed by atoms with van der Waals surface area (Å²) < 4.78 is 0. The lowest BCUT2D eigenvalue weighted by Crippen LogP contribution is -2.45. The highest BCUT2D eigenvalue weighted by Crippen LogP contribution is 2.26. The van der Waals surface area contributed by atoms with Gasteiger partial charge in [-0.05, 0) is 51.7 Å². The molecule has 1 aliphatic heterocycles. The molecule has 0 aliphatic carbocycles. The molecule has 20 heavy (non-hydrogen) atoms. The smallest absolute Gasteiger partial charge is 0.254 e. The second-order valence-electron chi connectivity index (χ2n) is 5.68. The third-order valence-electron chi connectivity index (χ3n) is 4.04. The van der Waals surface area contributed by atoms with E-state index >= 15 is 0 Å². The number of aliphatic hydroxyl groups is 1. The highest BCUT2D eigenvalue weighted by Gasteiger charge is 2.29. The zero-order valence-electron chi connectivity index (χ0n) is 12.2. The SMILES string of the molecule is Cc1c(O)cccc1C(=O)N1CCCCC1CC(C)O. The molecule has 1 saturated heterocycles. The van der Waals surface area contributed by atoms with Crippen LogP contribution in [0, 0.1) is 6.92 Å². The van der Waals surface area contributed by atoms with Crippen molar-refractivity contribution in [2.45, 2.75) is 51.7 Å². The fourth-order valence-electron chi connectivity index (χ4n) is 2.92. The number of aliphatic hydroxyl groups excluding tert-OH is 1. The molecule has 0 spiro atoms. The van der Waals surface area contributed by atoms with Crippen LogP contribution in [-0.2, 0) is 0 Å². The fourth-order valence-corrected chi connectivity index (χ4v) is 2.92. The van der Waals surface area contributed by atoms with Gasteiger partial charge in [0.1, 0.15) is 5.75 Å². The monoisotopic (exact) mass is 277 g/mol. The molecular formula is C16H23NO3. The van der Waals surface area contributed by atoms with E-state index in [1.807, 2.05) is 4.90 Å². The molecule has 1 heterocycles. The maximum atomic E-state index is 12.7. The lowest BCUT2D eigenvalue weighted by Gasteiger charge is -2.37. The number of amides is 1. The number of carbonyl (C=O) groups is 1. The molecule has 1 amide bonds. The van der Waals surface area contributed by atoms with Crippen LogP contribution in [-0.4, -0.2) is 39.7 Å². The second-order valence-corrected chi connectivity index (χ2v) is 5.68. The first-order chi connectivity index (χ1) is 9.50. The van der Waals surface area contributed by atoms with Crippen LogP contribution in [0.5, 0.6) is 5.75 Å². The molecule has 110 valence electrons. The van der Waals surface area contributed by atoms with Gasteiger partial charge in [-0.25, -0.2) is 0 Å². The molecule has 1 aromatic carbocycles. The van der Waals surface area contributed by atoms with Gasteiger partial charge in [-0.1, -0.05) is 6.07 Å². The third-order valence-corrected chi connectivity index (χ3v) is 4.04. The molecule has 0 bridgehead atoms. The number of hydrogen-bond acceptors (Lipinski definition) is 3. The molecule has 4 nitrogen and oxygen atoms in total. The number of aromatic hydroxyl groups is 1. The molecule has 1 aromatic rings. The van der Waals surface area contributed by atoms with Gasteiger partial charge in [0.15, 0.2) is 0 Å². The van der Waals surface area contributed by atoms with Crippen molar-refractivity contribution in [1.82, 2.24) is 4.90 Å². The summed E-state index contributed by atoms with van der Waals surface area (Å²) >= 11 is 0. The second kappa shape index (κ2) is 6.27. The van der Waals surface area contributed by atoms with Crippen molar-refractivity contribution < 1.29 is 15.0 Å². The Morgan fingerprint density at radius 2 is 2.20 bits per heavy atom. The number of benzene rings is 1. The topological polar surface area (TPSA) is 60.8 Å². The van der Waals surface area contributed by atoms with Crippen molar-refractivity contribution in [1.29, 1.82) is 0 Å². The fraction of sp³-hybridized carbons (Fsp3) is 0.562. The Morgan fingerprint density at radius 1 is 1.45 bits per heavy atom. The minimum Gasteiger partial charge on any atom is -0.508 e. The van der Waals surface area contributed by atoms with Gasteiger partial charge in [0.2, 0.25) is 0 Å². The lowest BCUT2D eigenvalue weighted by molar-refractivity contribution is 0.0514. The summed E-state index contributed by atoms with van der Waals surface area (Å²) in [5.74, 6) is 0.115. The van der Waals surface area contributed by atoms with E-state index in [0.29, 0.717) is 17.5 Å². The summed E-state index contributed by atoms with van der Waals surface area (Å²) in [6.07, 6.45) is 3.25. The van der Waals surface area contributed by atoms with Crippen molar-refractivity contribution in [3.8, 4) is 5.75 Å². The first-order valence-electron chi connectivity index (χ1n) is 7.28. The molecule has 4 heteroatoms. The number of piperidine rings is 1. The zero-order chi connectivity index (χ0) is 14.7. The van der Waals surface area contributed by atoms with E-state index in [0.717, 1.165) is 25.8 Å². The highest BCUT2D eigenvalue weighted by atomic mass is 16.3. The lowest BCUT2D eigenvalue weighted by atomic mass is 9.95. The summed E-state index contributed by atoms with van der Waals surface area (Å²) in [5, 5.41) is 19.3. The number of likely N-dealkylation sites (tertiary alicyclic amines) is 1. The average molecular weight is 277 g/mol. The van der Waals surface area contributed by atoms with Crippen LogP contribution in [0.25, 0.3) is 0 Å². The van der Waals surface area contributed by atoms with Gasteiger partial charge in [-0.3, -0.25) is 4.79 Å². The summed E-state index contributed by atoms with van der Waals surface area (Å²) in [7, 11) is 0. The minimum absolute atomic E-state index is 0.0382. The third kappa shape index (κ3) is 3.12. The van der Waals surface area contributed by atoms with Gasteiger partial charge in [-0.15, -0.1) is 0 Å². The molecule has 1 fully saturated rings.